The van der Waals surface area contributed by atoms with Crippen LogP contribution in [-0.4, -0.2) is 62.2 Å². The maximum Gasteiger partial charge on any atom is 0.243 e. The number of carbonyl (C=O) groups excluding carboxylic acids is 1. The number of nitrogens with zero attached hydrogens (tertiary/aromatic N) is 2. The van der Waals surface area contributed by atoms with E-state index in [0.717, 1.165) is 44.5 Å². The normalized spacial score (nSPS) is 22.0. The summed E-state index contributed by atoms with van der Waals surface area (Å²) >= 11 is 0. The van der Waals surface area contributed by atoms with E-state index in [0.29, 0.717) is 18.5 Å². The maximum absolute atomic E-state index is 11.9. The highest BCUT2D eigenvalue weighted by molar-refractivity contribution is 5.84. The quantitative estimate of drug-likeness (QED) is 0.586. The Morgan fingerprint density at radius 1 is 1.37 bits per heavy atom. The molecule has 2 aliphatic rings. The van der Waals surface area contributed by atoms with Crippen LogP contribution in [-0.2, 0) is 16.0 Å². The van der Waals surface area contributed by atoms with Gasteiger partial charge in [0.1, 0.15) is 12.3 Å². The zero-order valence-corrected chi connectivity index (χ0v) is 16.5. The molecule has 1 saturated carbocycles. The maximum atomic E-state index is 11.9. The van der Waals surface area contributed by atoms with Crippen LogP contribution in [0.5, 0.6) is 0 Å². The molecule has 0 bridgehead atoms. The molecule has 3 rings (SSSR count). The molecule has 0 aromatic carbocycles. The topological polar surface area (TPSA) is 79.1 Å². The highest BCUT2D eigenvalue weighted by Crippen LogP contribution is 2.39. The lowest BCUT2D eigenvalue weighted by Gasteiger charge is -2.39. The van der Waals surface area contributed by atoms with E-state index in [1.54, 1.807) is 25.3 Å². The molecule has 7 nitrogen and oxygen atoms in total. The molecule has 2 N–H and O–H groups in total. The third kappa shape index (κ3) is 5.73. The second kappa shape index (κ2) is 9.26. The van der Waals surface area contributed by atoms with Crippen molar-refractivity contribution in [2.75, 3.05) is 33.8 Å². The molecule has 2 fully saturated rings. The Balaban J connectivity index is 1.57. The molecule has 1 aliphatic carbocycles. The number of guanidine groups is 1. The van der Waals surface area contributed by atoms with Gasteiger partial charge >= 0.3 is 0 Å². The summed E-state index contributed by atoms with van der Waals surface area (Å²) in [6, 6.07) is 4.17. The summed E-state index contributed by atoms with van der Waals surface area (Å²) in [7, 11) is 3.50. The molecule has 27 heavy (non-hydrogen) atoms. The van der Waals surface area contributed by atoms with Crippen LogP contribution in [0.1, 0.15) is 44.3 Å². The van der Waals surface area contributed by atoms with Crippen LogP contribution in [0.4, 0.5) is 0 Å². The lowest BCUT2D eigenvalue weighted by Crippen LogP contribution is -2.51. The Bertz CT molecular complexity index is 621. The Morgan fingerprint density at radius 3 is 2.89 bits per heavy atom. The molecule has 1 saturated heterocycles. The Morgan fingerprint density at radius 2 is 2.19 bits per heavy atom. The third-order valence-electron chi connectivity index (χ3n) is 5.46. The minimum atomic E-state index is -0.0126. The van der Waals surface area contributed by atoms with E-state index < -0.39 is 0 Å². The fourth-order valence-corrected chi connectivity index (χ4v) is 3.91. The summed E-state index contributed by atoms with van der Waals surface area (Å²) in [5.74, 6) is 1.61. The zero-order valence-electron chi connectivity index (χ0n) is 16.5. The molecule has 150 valence electrons. The molecule has 1 atom stereocenters. The van der Waals surface area contributed by atoms with Crippen molar-refractivity contribution in [1.82, 2.24) is 15.5 Å². The summed E-state index contributed by atoms with van der Waals surface area (Å²) in [4.78, 5) is 18.0. The average Bonchev–Trinajstić information content (AvgIpc) is 3.32. The number of aliphatic imine (C=N–C) groups is 1. The average molecular weight is 377 g/mol. The van der Waals surface area contributed by atoms with Crippen molar-refractivity contribution in [3.63, 3.8) is 0 Å². The number of carbonyl (C=O) groups is 1. The second-order valence-corrected chi connectivity index (χ2v) is 7.78. The van der Waals surface area contributed by atoms with Crippen molar-refractivity contribution >= 4 is 11.9 Å². The monoisotopic (exact) mass is 376 g/mol. The number of likely N-dealkylation sites (N-methyl/N-ethyl adjacent to an activating group) is 1. The number of furan rings is 1. The number of rotatable bonds is 6. The zero-order chi connectivity index (χ0) is 19.1. The van der Waals surface area contributed by atoms with Crippen LogP contribution >= 0.6 is 0 Å². The van der Waals surface area contributed by atoms with Crippen LogP contribution in [0.25, 0.3) is 0 Å². The van der Waals surface area contributed by atoms with E-state index in [9.17, 15) is 4.79 Å². The lowest BCUT2D eigenvalue weighted by molar-refractivity contribution is -0.127. The predicted octanol–water partition coefficient (Wildman–Crippen LogP) is 1.94. The van der Waals surface area contributed by atoms with E-state index in [1.807, 2.05) is 12.1 Å². The summed E-state index contributed by atoms with van der Waals surface area (Å²) in [6.07, 6.45) is 9.24. The SMILES string of the molecule is CN(C)C(=O)CN=C(NCCc1ccco1)NC1CCOC2(CCCC2)C1. The van der Waals surface area contributed by atoms with Gasteiger partial charge in [0.25, 0.3) is 0 Å². The molecule has 1 aromatic rings. The van der Waals surface area contributed by atoms with Gasteiger partial charge in [-0.05, 0) is 37.8 Å². The van der Waals surface area contributed by atoms with Crippen molar-refractivity contribution in [1.29, 1.82) is 0 Å². The van der Waals surface area contributed by atoms with Crippen LogP contribution in [0.2, 0.25) is 0 Å². The van der Waals surface area contributed by atoms with E-state index in [2.05, 4.69) is 15.6 Å². The van der Waals surface area contributed by atoms with Gasteiger partial charge in [0.05, 0.1) is 11.9 Å². The fourth-order valence-electron chi connectivity index (χ4n) is 3.91. The molecular formula is C20H32N4O3. The predicted molar refractivity (Wildman–Crippen MR) is 105 cm³/mol. The fraction of sp³-hybridized carbons (Fsp3) is 0.700. The van der Waals surface area contributed by atoms with Gasteiger partial charge < -0.3 is 24.7 Å². The van der Waals surface area contributed by atoms with Crippen molar-refractivity contribution in [2.24, 2.45) is 4.99 Å². The van der Waals surface area contributed by atoms with Crippen molar-refractivity contribution in [3.05, 3.63) is 24.2 Å². The van der Waals surface area contributed by atoms with Crippen LogP contribution in [0.15, 0.2) is 27.8 Å². The first-order chi connectivity index (χ1) is 13.1. The molecule has 7 heteroatoms. The van der Waals surface area contributed by atoms with E-state index in [1.165, 1.54) is 12.8 Å². The third-order valence-corrected chi connectivity index (χ3v) is 5.46. The Hall–Kier alpha value is -2.02. The van der Waals surface area contributed by atoms with Gasteiger partial charge in [-0.2, -0.15) is 0 Å². The van der Waals surface area contributed by atoms with Crippen LogP contribution < -0.4 is 10.6 Å². The first-order valence-corrected chi connectivity index (χ1v) is 9.98. The lowest BCUT2D eigenvalue weighted by atomic mass is 9.89. The number of hydrogen-bond acceptors (Lipinski definition) is 4. The van der Waals surface area contributed by atoms with Gasteiger partial charge in [-0.25, -0.2) is 4.99 Å². The van der Waals surface area contributed by atoms with Gasteiger partial charge in [0.15, 0.2) is 5.96 Å². The largest absolute Gasteiger partial charge is 0.469 e. The number of amides is 1. The minimum absolute atomic E-state index is 0.0126. The van der Waals surface area contributed by atoms with Crippen molar-refractivity contribution in [3.8, 4) is 0 Å². The molecule has 1 spiro atoms. The number of hydrogen-bond donors (Lipinski definition) is 2. The molecule has 0 radical (unpaired) electrons. The van der Waals surface area contributed by atoms with E-state index in [4.69, 9.17) is 9.15 Å². The smallest absolute Gasteiger partial charge is 0.243 e. The summed E-state index contributed by atoms with van der Waals surface area (Å²) < 4.78 is 11.5. The summed E-state index contributed by atoms with van der Waals surface area (Å²) in [5.41, 5.74) is 0.0502. The van der Waals surface area contributed by atoms with Gasteiger partial charge in [-0.15, -0.1) is 0 Å². The number of ether oxygens (including phenoxy) is 1. The first kappa shape index (κ1) is 19.7. The number of nitrogens with one attached hydrogen (secondary N) is 2. The van der Waals surface area contributed by atoms with Gasteiger partial charge in [0.2, 0.25) is 5.91 Å². The van der Waals surface area contributed by atoms with E-state index >= 15 is 0 Å². The minimum Gasteiger partial charge on any atom is -0.469 e. The molecule has 1 aromatic heterocycles. The van der Waals surface area contributed by atoms with Crippen LogP contribution in [0.3, 0.4) is 0 Å². The Labute approximate surface area is 161 Å². The van der Waals surface area contributed by atoms with Crippen LogP contribution in [0, 0.1) is 0 Å². The molecular weight excluding hydrogens is 344 g/mol. The highest BCUT2D eigenvalue weighted by atomic mass is 16.5. The van der Waals surface area contributed by atoms with Gasteiger partial charge in [0, 0.05) is 39.7 Å². The molecule has 1 unspecified atom stereocenters. The first-order valence-electron chi connectivity index (χ1n) is 9.98. The molecule has 2 heterocycles. The highest BCUT2D eigenvalue weighted by Gasteiger charge is 2.40. The van der Waals surface area contributed by atoms with Crippen molar-refractivity contribution in [2.45, 2.75) is 56.6 Å². The summed E-state index contributed by atoms with van der Waals surface area (Å²) in [6.45, 7) is 1.62. The molecule has 1 aliphatic heterocycles. The molecule has 1 amide bonds. The standard InChI is InChI=1S/C20H32N4O3/c1-24(2)18(25)15-22-19(21-11-7-17-6-5-12-26-17)23-16-8-13-27-20(14-16)9-3-4-10-20/h5-6,12,16H,3-4,7-11,13-15H2,1-2H3,(H2,21,22,23). The van der Waals surface area contributed by atoms with Crippen molar-refractivity contribution < 1.29 is 13.9 Å². The van der Waals surface area contributed by atoms with E-state index in [-0.39, 0.29) is 18.1 Å². The Kier molecular flexibility index (Phi) is 6.77. The summed E-state index contributed by atoms with van der Waals surface area (Å²) in [5, 5.41) is 6.89. The second-order valence-electron chi connectivity index (χ2n) is 7.78. The van der Waals surface area contributed by atoms with Gasteiger partial charge in [-0.1, -0.05) is 12.8 Å². The van der Waals surface area contributed by atoms with Gasteiger partial charge in [-0.3, -0.25) is 4.79 Å².